The highest BCUT2D eigenvalue weighted by Gasteiger charge is 2.49. The van der Waals surface area contributed by atoms with Gasteiger partial charge in [0.2, 0.25) is 0 Å². The van der Waals surface area contributed by atoms with Gasteiger partial charge in [-0.15, -0.1) is 22.7 Å². The van der Waals surface area contributed by atoms with E-state index in [0.717, 1.165) is 0 Å². The van der Waals surface area contributed by atoms with E-state index in [1.165, 1.54) is 58.0 Å². The lowest BCUT2D eigenvalue weighted by Crippen LogP contribution is -2.31. The minimum Gasteiger partial charge on any atom is -0.143 e. The molecule has 2 aromatic carbocycles. The zero-order valence-electron chi connectivity index (χ0n) is 26.4. The maximum atomic E-state index is 3.90. The van der Waals surface area contributed by atoms with E-state index in [2.05, 4.69) is 153 Å². The Balaban J connectivity index is 2.01. The van der Waals surface area contributed by atoms with Gasteiger partial charge in [0.15, 0.2) is 0 Å². The molecular formula is C37H45BrS2. The summed E-state index contributed by atoms with van der Waals surface area (Å²) in [5.41, 5.74) is 11.0. The number of thiophene rings is 2. The fourth-order valence-corrected chi connectivity index (χ4v) is 8.73. The standard InChI is InChI=1S/C37H45BrS2/c1-33(2,3)22-15-23(34(4,5)6)18-26(17-22)37(28-13-14-39-31(28)32-29(37)21-30(38)40-32)27-19-24(35(7,8)9)16-25(20-27)36(10,11)12/h13-21H,1-12H3. The van der Waals surface area contributed by atoms with Crippen LogP contribution in [0.3, 0.4) is 0 Å². The molecule has 1 aliphatic carbocycles. The van der Waals surface area contributed by atoms with Crippen LogP contribution in [0.1, 0.15) is 128 Å². The van der Waals surface area contributed by atoms with Crippen molar-refractivity contribution in [3.05, 3.63) is 102 Å². The van der Waals surface area contributed by atoms with E-state index < -0.39 is 0 Å². The molecule has 0 saturated heterocycles. The van der Waals surface area contributed by atoms with Gasteiger partial charge in [-0.2, -0.15) is 0 Å². The smallest absolute Gasteiger partial charge is 0.0731 e. The minimum absolute atomic E-state index is 0.0369. The van der Waals surface area contributed by atoms with Gasteiger partial charge in [-0.05, 0) is 99.6 Å². The van der Waals surface area contributed by atoms with Gasteiger partial charge in [-0.1, -0.05) is 119 Å². The molecule has 2 heterocycles. The van der Waals surface area contributed by atoms with Crippen LogP contribution in [0.4, 0.5) is 0 Å². The zero-order chi connectivity index (χ0) is 29.6. The van der Waals surface area contributed by atoms with Crippen molar-refractivity contribution < 1.29 is 0 Å². The minimum atomic E-state index is -0.379. The molecule has 212 valence electrons. The molecule has 0 amide bonds. The molecule has 0 aliphatic heterocycles. The average molecular weight is 634 g/mol. The van der Waals surface area contributed by atoms with E-state index in [1.807, 2.05) is 22.7 Å². The van der Waals surface area contributed by atoms with E-state index in [4.69, 9.17) is 0 Å². The Morgan fingerprint density at radius 2 is 0.925 bits per heavy atom. The van der Waals surface area contributed by atoms with E-state index in [9.17, 15) is 0 Å². The average Bonchev–Trinajstić information content (AvgIpc) is 3.49. The molecule has 0 fully saturated rings. The van der Waals surface area contributed by atoms with Crippen LogP contribution in [0, 0.1) is 0 Å². The molecule has 0 N–H and O–H groups in total. The molecule has 0 radical (unpaired) electrons. The summed E-state index contributed by atoms with van der Waals surface area (Å²) in [6.07, 6.45) is 0. The molecule has 0 atom stereocenters. The summed E-state index contributed by atoms with van der Waals surface area (Å²) in [5.74, 6) is 0. The molecule has 0 bridgehead atoms. The van der Waals surface area contributed by atoms with Crippen LogP contribution < -0.4 is 0 Å². The number of halogens is 1. The van der Waals surface area contributed by atoms with Crippen molar-refractivity contribution in [1.82, 2.24) is 0 Å². The molecule has 0 saturated carbocycles. The predicted molar refractivity (Wildman–Crippen MR) is 182 cm³/mol. The van der Waals surface area contributed by atoms with Gasteiger partial charge in [0.1, 0.15) is 0 Å². The summed E-state index contributed by atoms with van der Waals surface area (Å²) >= 11 is 7.67. The van der Waals surface area contributed by atoms with Gasteiger partial charge in [0.25, 0.3) is 0 Å². The van der Waals surface area contributed by atoms with Gasteiger partial charge in [-0.25, -0.2) is 0 Å². The van der Waals surface area contributed by atoms with Crippen LogP contribution in [-0.2, 0) is 27.1 Å². The van der Waals surface area contributed by atoms with Gasteiger partial charge in [0.05, 0.1) is 14.1 Å². The summed E-state index contributed by atoms with van der Waals surface area (Å²) in [6.45, 7) is 28.2. The lowest BCUT2D eigenvalue weighted by molar-refractivity contribution is 0.560. The van der Waals surface area contributed by atoms with Crippen LogP contribution in [-0.4, -0.2) is 0 Å². The summed E-state index contributed by atoms with van der Waals surface area (Å²) in [7, 11) is 0. The second-order valence-corrected chi connectivity index (χ2v) is 19.2. The van der Waals surface area contributed by atoms with E-state index >= 15 is 0 Å². The van der Waals surface area contributed by atoms with Crippen molar-refractivity contribution in [3.8, 4) is 9.75 Å². The van der Waals surface area contributed by atoms with Crippen LogP contribution >= 0.6 is 38.6 Å². The van der Waals surface area contributed by atoms with Gasteiger partial charge in [0, 0.05) is 4.88 Å². The Hall–Kier alpha value is -1.68. The van der Waals surface area contributed by atoms with Crippen molar-refractivity contribution >= 4 is 38.6 Å². The number of benzene rings is 2. The number of rotatable bonds is 2. The van der Waals surface area contributed by atoms with Crippen LogP contribution in [0.5, 0.6) is 0 Å². The van der Waals surface area contributed by atoms with E-state index in [-0.39, 0.29) is 27.1 Å². The van der Waals surface area contributed by atoms with Crippen LogP contribution in [0.15, 0.2) is 57.7 Å². The zero-order valence-corrected chi connectivity index (χ0v) is 29.6. The number of hydrogen-bond donors (Lipinski definition) is 0. The highest BCUT2D eigenvalue weighted by molar-refractivity contribution is 9.11. The topological polar surface area (TPSA) is 0 Å². The Labute approximate surface area is 259 Å². The maximum Gasteiger partial charge on any atom is 0.0731 e. The fourth-order valence-electron chi connectivity index (χ4n) is 5.94. The molecule has 0 unspecified atom stereocenters. The Kier molecular flexibility index (Phi) is 7.01. The first-order valence-electron chi connectivity index (χ1n) is 14.5. The third kappa shape index (κ3) is 4.88. The number of hydrogen-bond acceptors (Lipinski definition) is 2. The third-order valence-corrected chi connectivity index (χ3v) is 11.3. The monoisotopic (exact) mass is 632 g/mol. The van der Waals surface area contributed by atoms with Crippen molar-refractivity contribution in [2.45, 2.75) is 110 Å². The first-order chi connectivity index (χ1) is 18.2. The fraction of sp³-hybridized carbons (Fsp3) is 0.459. The third-order valence-electron chi connectivity index (χ3n) is 8.58. The van der Waals surface area contributed by atoms with Crippen molar-refractivity contribution in [1.29, 1.82) is 0 Å². The largest absolute Gasteiger partial charge is 0.143 e. The second-order valence-electron chi connectivity index (χ2n) is 15.8. The first-order valence-corrected chi connectivity index (χ1v) is 16.9. The first kappa shape index (κ1) is 29.8. The highest BCUT2D eigenvalue weighted by Crippen LogP contribution is 2.61. The van der Waals surface area contributed by atoms with E-state index in [1.54, 1.807) is 0 Å². The molecule has 0 nitrogen and oxygen atoms in total. The van der Waals surface area contributed by atoms with Crippen LogP contribution in [0.25, 0.3) is 9.75 Å². The molecule has 4 aromatic rings. The Morgan fingerprint density at radius 3 is 1.30 bits per heavy atom. The van der Waals surface area contributed by atoms with Gasteiger partial charge in [-0.3, -0.25) is 0 Å². The molecule has 40 heavy (non-hydrogen) atoms. The normalized spacial score (nSPS) is 15.3. The van der Waals surface area contributed by atoms with Gasteiger partial charge >= 0.3 is 0 Å². The van der Waals surface area contributed by atoms with Crippen molar-refractivity contribution in [3.63, 3.8) is 0 Å². The Morgan fingerprint density at radius 1 is 0.525 bits per heavy atom. The molecule has 3 heteroatoms. The lowest BCUT2D eigenvalue weighted by Gasteiger charge is -2.37. The second kappa shape index (κ2) is 9.41. The SMILES string of the molecule is CC(C)(C)c1cc(C(C)(C)C)cc(C2(c3cc(C(C)(C)C)cc(C(C)(C)C)c3)c3ccsc3-c3sc(Br)cc32)c1. The summed E-state index contributed by atoms with van der Waals surface area (Å²) in [6, 6.07) is 19.8. The highest BCUT2D eigenvalue weighted by atomic mass is 79.9. The lowest BCUT2D eigenvalue weighted by atomic mass is 9.64. The maximum absolute atomic E-state index is 3.90. The number of fused-ring (bicyclic) bond motifs is 3. The van der Waals surface area contributed by atoms with Crippen molar-refractivity contribution in [2.24, 2.45) is 0 Å². The summed E-state index contributed by atoms with van der Waals surface area (Å²) in [5, 5.41) is 2.30. The molecule has 2 aromatic heterocycles. The molecule has 5 rings (SSSR count). The predicted octanol–water partition coefficient (Wildman–Crippen LogP) is 12.1. The summed E-state index contributed by atoms with van der Waals surface area (Å²) in [4.78, 5) is 2.83. The molecule has 1 aliphatic rings. The summed E-state index contributed by atoms with van der Waals surface area (Å²) < 4.78 is 1.20. The van der Waals surface area contributed by atoms with Gasteiger partial charge < -0.3 is 0 Å². The molecule has 0 spiro atoms. The van der Waals surface area contributed by atoms with Crippen molar-refractivity contribution in [2.75, 3.05) is 0 Å². The Bertz CT molecular complexity index is 1440. The van der Waals surface area contributed by atoms with E-state index in [0.29, 0.717) is 0 Å². The molecular weight excluding hydrogens is 588 g/mol. The quantitative estimate of drug-likeness (QED) is 0.181. The van der Waals surface area contributed by atoms with Crippen LogP contribution in [0.2, 0.25) is 0 Å².